The summed E-state index contributed by atoms with van der Waals surface area (Å²) in [5.41, 5.74) is 6.41. The standard InChI is InChI=1S/C17H24N2O3/c1-20-15-10-13-4-5-17(22-14(13)11-16(15)21-2)6-9-19(12-17)8-3-7-18/h4-5,10-11H,3,6-9,12,18H2,1-2H3. The Hall–Kier alpha value is -1.72. The molecule has 3 rings (SSSR count). The van der Waals surface area contributed by atoms with Crippen LogP contribution in [0.5, 0.6) is 17.2 Å². The molecule has 0 radical (unpaired) electrons. The molecule has 1 aromatic carbocycles. The van der Waals surface area contributed by atoms with E-state index in [1.54, 1.807) is 14.2 Å². The van der Waals surface area contributed by atoms with Gasteiger partial charge in [-0.15, -0.1) is 0 Å². The fourth-order valence-electron chi connectivity index (χ4n) is 3.20. The first kappa shape index (κ1) is 15.2. The van der Waals surface area contributed by atoms with Crippen molar-refractivity contribution in [2.24, 2.45) is 5.73 Å². The monoisotopic (exact) mass is 304 g/mol. The second-order valence-corrected chi connectivity index (χ2v) is 5.91. The molecule has 0 amide bonds. The molecule has 0 bridgehead atoms. The largest absolute Gasteiger partial charge is 0.493 e. The molecule has 1 unspecified atom stereocenters. The fourth-order valence-corrected chi connectivity index (χ4v) is 3.20. The van der Waals surface area contributed by atoms with Crippen molar-refractivity contribution in [2.75, 3.05) is 40.4 Å². The maximum absolute atomic E-state index is 6.34. The maximum Gasteiger partial charge on any atom is 0.164 e. The van der Waals surface area contributed by atoms with Gasteiger partial charge in [-0.3, -0.25) is 4.90 Å². The van der Waals surface area contributed by atoms with E-state index >= 15 is 0 Å². The van der Waals surface area contributed by atoms with E-state index in [0.717, 1.165) is 56.1 Å². The van der Waals surface area contributed by atoms with E-state index in [4.69, 9.17) is 19.9 Å². The topological polar surface area (TPSA) is 57.0 Å². The van der Waals surface area contributed by atoms with E-state index in [2.05, 4.69) is 17.1 Å². The number of fused-ring (bicyclic) bond motifs is 1. The van der Waals surface area contributed by atoms with Crippen molar-refractivity contribution in [1.29, 1.82) is 0 Å². The fraction of sp³-hybridized carbons (Fsp3) is 0.529. The third-order valence-corrected chi connectivity index (χ3v) is 4.42. The van der Waals surface area contributed by atoms with E-state index in [1.807, 2.05) is 12.1 Å². The first-order valence-electron chi connectivity index (χ1n) is 7.76. The van der Waals surface area contributed by atoms with Crippen molar-refractivity contribution in [2.45, 2.75) is 18.4 Å². The van der Waals surface area contributed by atoms with E-state index in [9.17, 15) is 0 Å². The van der Waals surface area contributed by atoms with Crippen molar-refractivity contribution >= 4 is 6.08 Å². The lowest BCUT2D eigenvalue weighted by Gasteiger charge is -2.32. The van der Waals surface area contributed by atoms with Crippen LogP contribution in [0.1, 0.15) is 18.4 Å². The molecule has 1 fully saturated rings. The zero-order valence-electron chi connectivity index (χ0n) is 13.3. The molecule has 0 aromatic heterocycles. The van der Waals surface area contributed by atoms with Gasteiger partial charge in [-0.25, -0.2) is 0 Å². The summed E-state index contributed by atoms with van der Waals surface area (Å²) >= 11 is 0. The molecule has 1 spiro atoms. The maximum atomic E-state index is 6.34. The highest BCUT2D eigenvalue weighted by molar-refractivity contribution is 5.66. The lowest BCUT2D eigenvalue weighted by Crippen LogP contribution is -2.39. The number of ether oxygens (including phenoxy) is 3. The van der Waals surface area contributed by atoms with Gasteiger partial charge in [-0.05, 0) is 31.7 Å². The molecular weight excluding hydrogens is 280 g/mol. The zero-order chi connectivity index (χ0) is 15.6. The van der Waals surface area contributed by atoms with Gasteiger partial charge in [-0.2, -0.15) is 0 Å². The molecule has 2 aliphatic heterocycles. The Morgan fingerprint density at radius 1 is 1.27 bits per heavy atom. The molecule has 120 valence electrons. The van der Waals surface area contributed by atoms with Gasteiger partial charge in [0.05, 0.1) is 14.2 Å². The van der Waals surface area contributed by atoms with Crippen molar-refractivity contribution in [3.05, 3.63) is 23.8 Å². The predicted octanol–water partition coefficient (Wildman–Crippen LogP) is 1.90. The van der Waals surface area contributed by atoms with Crippen LogP contribution in [0, 0.1) is 0 Å². The van der Waals surface area contributed by atoms with Crippen LogP contribution in [0.15, 0.2) is 18.2 Å². The molecule has 0 aliphatic carbocycles. The molecule has 5 heteroatoms. The highest BCUT2D eigenvalue weighted by Gasteiger charge is 2.40. The van der Waals surface area contributed by atoms with Crippen LogP contribution in [0.25, 0.3) is 6.08 Å². The molecule has 0 saturated carbocycles. The second-order valence-electron chi connectivity index (χ2n) is 5.91. The van der Waals surface area contributed by atoms with Crippen LogP contribution in [0.4, 0.5) is 0 Å². The summed E-state index contributed by atoms with van der Waals surface area (Å²) in [5, 5.41) is 0. The minimum atomic E-state index is -0.221. The summed E-state index contributed by atoms with van der Waals surface area (Å²) in [4.78, 5) is 2.42. The average Bonchev–Trinajstić information content (AvgIpc) is 2.94. The lowest BCUT2D eigenvalue weighted by molar-refractivity contribution is 0.122. The Balaban J connectivity index is 1.80. The minimum Gasteiger partial charge on any atom is -0.493 e. The van der Waals surface area contributed by atoms with Gasteiger partial charge < -0.3 is 19.9 Å². The van der Waals surface area contributed by atoms with Crippen molar-refractivity contribution in [3.63, 3.8) is 0 Å². The summed E-state index contributed by atoms with van der Waals surface area (Å²) in [6.45, 7) is 3.73. The van der Waals surface area contributed by atoms with Crippen LogP contribution >= 0.6 is 0 Å². The van der Waals surface area contributed by atoms with Crippen LogP contribution in [0.2, 0.25) is 0 Å². The molecule has 22 heavy (non-hydrogen) atoms. The summed E-state index contributed by atoms with van der Waals surface area (Å²) < 4.78 is 17.1. The predicted molar refractivity (Wildman–Crippen MR) is 86.7 cm³/mol. The van der Waals surface area contributed by atoms with Crippen LogP contribution in [-0.2, 0) is 0 Å². The SMILES string of the molecule is COc1cc2c(cc1OC)OC1(C=C2)CCN(CCCN)C1. The number of nitrogens with zero attached hydrogens (tertiary/aromatic N) is 1. The number of rotatable bonds is 5. The van der Waals surface area contributed by atoms with Gasteiger partial charge in [0.15, 0.2) is 11.5 Å². The number of hydrogen-bond donors (Lipinski definition) is 1. The first-order valence-corrected chi connectivity index (χ1v) is 7.76. The lowest BCUT2D eigenvalue weighted by atomic mass is 9.97. The van der Waals surface area contributed by atoms with E-state index < -0.39 is 0 Å². The first-order chi connectivity index (χ1) is 10.7. The molecule has 1 aromatic rings. The summed E-state index contributed by atoms with van der Waals surface area (Å²) in [5.74, 6) is 2.28. The molecular formula is C17H24N2O3. The van der Waals surface area contributed by atoms with Crippen molar-refractivity contribution < 1.29 is 14.2 Å². The van der Waals surface area contributed by atoms with Gasteiger partial charge in [0, 0.05) is 31.1 Å². The molecule has 1 saturated heterocycles. The molecule has 2 aliphatic rings. The molecule has 2 N–H and O–H groups in total. The number of hydrogen-bond acceptors (Lipinski definition) is 5. The molecule has 2 heterocycles. The quantitative estimate of drug-likeness (QED) is 0.900. The minimum absolute atomic E-state index is 0.221. The van der Waals surface area contributed by atoms with Crippen molar-refractivity contribution in [3.8, 4) is 17.2 Å². The number of benzene rings is 1. The van der Waals surface area contributed by atoms with Crippen LogP contribution in [0.3, 0.4) is 0 Å². The van der Waals surface area contributed by atoms with E-state index in [-0.39, 0.29) is 5.60 Å². The summed E-state index contributed by atoms with van der Waals surface area (Å²) in [7, 11) is 3.29. The van der Waals surface area contributed by atoms with Gasteiger partial charge >= 0.3 is 0 Å². The highest BCUT2D eigenvalue weighted by atomic mass is 16.5. The Bertz CT molecular complexity index is 573. The second kappa shape index (κ2) is 6.18. The summed E-state index contributed by atoms with van der Waals surface area (Å²) in [6.07, 6.45) is 6.35. The van der Waals surface area contributed by atoms with Gasteiger partial charge in [-0.1, -0.05) is 6.08 Å². The number of nitrogens with two attached hydrogens (primary N) is 1. The molecule has 1 atom stereocenters. The van der Waals surface area contributed by atoms with Crippen LogP contribution in [-0.4, -0.2) is 50.9 Å². The number of methoxy groups -OCH3 is 2. The van der Waals surface area contributed by atoms with Gasteiger partial charge in [0.1, 0.15) is 11.4 Å². The van der Waals surface area contributed by atoms with Gasteiger partial charge in [0.25, 0.3) is 0 Å². The Morgan fingerprint density at radius 3 is 2.77 bits per heavy atom. The smallest absolute Gasteiger partial charge is 0.164 e. The summed E-state index contributed by atoms with van der Waals surface area (Å²) in [6, 6.07) is 3.88. The van der Waals surface area contributed by atoms with Crippen LogP contribution < -0.4 is 19.9 Å². The normalized spacial score (nSPS) is 23.4. The highest BCUT2D eigenvalue weighted by Crippen LogP contribution is 2.42. The van der Waals surface area contributed by atoms with Crippen molar-refractivity contribution in [1.82, 2.24) is 4.90 Å². The Kier molecular flexibility index (Phi) is 4.27. The third-order valence-electron chi connectivity index (χ3n) is 4.42. The molecule has 5 nitrogen and oxygen atoms in total. The average molecular weight is 304 g/mol. The zero-order valence-corrected chi connectivity index (χ0v) is 13.3. The van der Waals surface area contributed by atoms with E-state index in [0.29, 0.717) is 5.75 Å². The van der Waals surface area contributed by atoms with Gasteiger partial charge in [0.2, 0.25) is 0 Å². The Morgan fingerprint density at radius 2 is 2.05 bits per heavy atom. The van der Waals surface area contributed by atoms with E-state index in [1.165, 1.54) is 0 Å². The third kappa shape index (κ3) is 2.78. The number of likely N-dealkylation sites (tertiary alicyclic amines) is 1. The Labute approximate surface area is 131 Å².